The number of nitrogens with one attached hydrogen (secondary N) is 1. The molecule has 2 aromatic rings. The van der Waals surface area contributed by atoms with Gasteiger partial charge >= 0.3 is 0 Å². The number of halogens is 1. The molecule has 2 rings (SSSR count). The maximum absolute atomic E-state index is 13.7. The molecule has 102 valence electrons. The number of nitrogens with zero attached hydrogens (tertiary/aromatic N) is 2. The van der Waals surface area contributed by atoms with E-state index in [9.17, 15) is 4.39 Å². The van der Waals surface area contributed by atoms with Crippen LogP contribution in [0, 0.1) is 12.7 Å². The minimum Gasteiger partial charge on any atom is -0.310 e. The molecule has 0 radical (unpaired) electrons. The molecule has 1 unspecified atom stereocenters. The van der Waals surface area contributed by atoms with Crippen LogP contribution in [-0.4, -0.2) is 16.3 Å². The minimum absolute atomic E-state index is 0.0926. The van der Waals surface area contributed by atoms with Crippen LogP contribution in [0.4, 0.5) is 4.39 Å². The lowest BCUT2D eigenvalue weighted by Crippen LogP contribution is -2.23. The molecular weight excluding hydrogens is 241 g/mol. The summed E-state index contributed by atoms with van der Waals surface area (Å²) < 4.78 is 15.5. The van der Waals surface area contributed by atoms with Crippen LogP contribution in [-0.2, 0) is 13.5 Å². The lowest BCUT2D eigenvalue weighted by Gasteiger charge is -2.18. The van der Waals surface area contributed by atoms with Crippen molar-refractivity contribution in [3.05, 3.63) is 53.1 Å². The fraction of sp³-hybridized carbons (Fsp3) is 0.400. The average molecular weight is 261 g/mol. The Kier molecular flexibility index (Phi) is 4.32. The highest BCUT2D eigenvalue weighted by atomic mass is 19.1. The standard InChI is InChI=1S/C15H20FN3/c1-4-17-15(10-13-7-8-19(3)18-13)12-6-5-11(2)14(16)9-12/h5-9,15,17H,4,10H2,1-3H3. The Morgan fingerprint density at radius 1 is 1.37 bits per heavy atom. The first-order valence-corrected chi connectivity index (χ1v) is 6.58. The highest BCUT2D eigenvalue weighted by Gasteiger charge is 2.14. The largest absolute Gasteiger partial charge is 0.310 e. The fourth-order valence-electron chi connectivity index (χ4n) is 2.16. The maximum atomic E-state index is 13.7. The van der Waals surface area contributed by atoms with Crippen molar-refractivity contribution < 1.29 is 4.39 Å². The Labute approximate surface area is 113 Å². The summed E-state index contributed by atoms with van der Waals surface area (Å²) in [7, 11) is 1.90. The van der Waals surface area contributed by atoms with Gasteiger partial charge in [0, 0.05) is 25.7 Å². The van der Waals surface area contributed by atoms with Gasteiger partial charge in [-0.3, -0.25) is 4.68 Å². The van der Waals surface area contributed by atoms with Gasteiger partial charge in [-0.25, -0.2) is 4.39 Å². The van der Waals surface area contributed by atoms with E-state index in [-0.39, 0.29) is 11.9 Å². The van der Waals surface area contributed by atoms with E-state index in [1.165, 1.54) is 0 Å². The third-order valence-corrected chi connectivity index (χ3v) is 3.23. The monoisotopic (exact) mass is 261 g/mol. The molecule has 0 saturated heterocycles. The maximum Gasteiger partial charge on any atom is 0.126 e. The van der Waals surface area contributed by atoms with Crippen molar-refractivity contribution >= 4 is 0 Å². The van der Waals surface area contributed by atoms with Crippen LogP contribution in [0.2, 0.25) is 0 Å². The SMILES string of the molecule is CCNC(Cc1ccn(C)n1)c1ccc(C)c(F)c1. The van der Waals surface area contributed by atoms with E-state index < -0.39 is 0 Å². The van der Waals surface area contributed by atoms with Gasteiger partial charge in [0.1, 0.15) is 5.82 Å². The predicted octanol–water partition coefficient (Wildman–Crippen LogP) is 2.76. The number of aromatic nitrogens is 2. The van der Waals surface area contributed by atoms with E-state index in [0.717, 1.165) is 24.2 Å². The molecule has 4 heteroatoms. The molecule has 19 heavy (non-hydrogen) atoms. The first-order valence-electron chi connectivity index (χ1n) is 6.58. The molecule has 0 aliphatic heterocycles. The summed E-state index contributed by atoms with van der Waals surface area (Å²) in [5.41, 5.74) is 2.65. The summed E-state index contributed by atoms with van der Waals surface area (Å²) >= 11 is 0. The van der Waals surface area contributed by atoms with E-state index in [4.69, 9.17) is 0 Å². The van der Waals surface area contributed by atoms with Crippen molar-refractivity contribution in [1.29, 1.82) is 0 Å². The third kappa shape index (κ3) is 3.41. The predicted molar refractivity (Wildman–Crippen MR) is 74.5 cm³/mol. The highest BCUT2D eigenvalue weighted by molar-refractivity contribution is 5.26. The van der Waals surface area contributed by atoms with Crippen LogP contribution in [0.3, 0.4) is 0 Å². The first kappa shape index (κ1) is 13.7. The minimum atomic E-state index is -0.151. The van der Waals surface area contributed by atoms with E-state index in [1.54, 1.807) is 17.7 Å². The number of benzene rings is 1. The quantitative estimate of drug-likeness (QED) is 0.897. The fourth-order valence-corrected chi connectivity index (χ4v) is 2.16. The Morgan fingerprint density at radius 3 is 2.74 bits per heavy atom. The molecule has 0 aliphatic rings. The zero-order chi connectivity index (χ0) is 13.8. The average Bonchev–Trinajstić information content (AvgIpc) is 2.78. The summed E-state index contributed by atoms with van der Waals surface area (Å²) in [5.74, 6) is -0.151. The number of hydrogen-bond acceptors (Lipinski definition) is 2. The summed E-state index contributed by atoms with van der Waals surface area (Å²) in [5, 5.41) is 7.77. The van der Waals surface area contributed by atoms with Gasteiger partial charge in [0.2, 0.25) is 0 Å². The molecular formula is C15H20FN3. The van der Waals surface area contributed by atoms with Crippen LogP contribution in [0.1, 0.15) is 29.8 Å². The Balaban J connectivity index is 2.21. The molecule has 0 aliphatic carbocycles. The number of rotatable bonds is 5. The molecule has 1 aromatic heterocycles. The van der Waals surface area contributed by atoms with Crippen molar-refractivity contribution in [3.8, 4) is 0 Å². The van der Waals surface area contributed by atoms with Gasteiger partial charge in [-0.2, -0.15) is 5.10 Å². The van der Waals surface area contributed by atoms with Gasteiger partial charge in [0.05, 0.1) is 5.69 Å². The first-order chi connectivity index (χ1) is 9.10. The van der Waals surface area contributed by atoms with Crippen molar-refractivity contribution in [2.45, 2.75) is 26.3 Å². The number of hydrogen-bond donors (Lipinski definition) is 1. The smallest absolute Gasteiger partial charge is 0.126 e. The van der Waals surface area contributed by atoms with Gasteiger partial charge in [-0.1, -0.05) is 19.1 Å². The molecule has 0 bridgehead atoms. The molecule has 1 aromatic carbocycles. The third-order valence-electron chi connectivity index (χ3n) is 3.23. The lowest BCUT2D eigenvalue weighted by atomic mass is 10.0. The Morgan fingerprint density at radius 2 is 2.16 bits per heavy atom. The van der Waals surface area contributed by atoms with Gasteiger partial charge in [0.15, 0.2) is 0 Å². The van der Waals surface area contributed by atoms with E-state index in [0.29, 0.717) is 5.56 Å². The summed E-state index contributed by atoms with van der Waals surface area (Å²) in [6, 6.07) is 7.51. The second-order valence-electron chi connectivity index (χ2n) is 4.80. The molecule has 3 nitrogen and oxygen atoms in total. The zero-order valence-corrected chi connectivity index (χ0v) is 11.7. The summed E-state index contributed by atoms with van der Waals surface area (Å²) in [6.07, 6.45) is 2.69. The summed E-state index contributed by atoms with van der Waals surface area (Å²) in [6.45, 7) is 4.67. The highest BCUT2D eigenvalue weighted by Crippen LogP contribution is 2.20. The molecule has 0 spiro atoms. The molecule has 1 N–H and O–H groups in total. The van der Waals surface area contributed by atoms with Crippen molar-refractivity contribution in [1.82, 2.24) is 15.1 Å². The molecule has 0 saturated carbocycles. The number of likely N-dealkylation sites (N-methyl/N-ethyl adjacent to an activating group) is 1. The topological polar surface area (TPSA) is 29.9 Å². The van der Waals surface area contributed by atoms with Crippen LogP contribution >= 0.6 is 0 Å². The van der Waals surface area contributed by atoms with Gasteiger partial charge in [0.25, 0.3) is 0 Å². The molecule has 1 heterocycles. The Bertz CT molecular complexity index is 548. The van der Waals surface area contributed by atoms with Crippen LogP contribution in [0.25, 0.3) is 0 Å². The van der Waals surface area contributed by atoms with Crippen LogP contribution in [0.15, 0.2) is 30.5 Å². The lowest BCUT2D eigenvalue weighted by molar-refractivity contribution is 0.533. The zero-order valence-electron chi connectivity index (χ0n) is 11.7. The number of aryl methyl sites for hydroxylation is 2. The van der Waals surface area contributed by atoms with E-state index in [1.807, 2.05) is 31.4 Å². The second kappa shape index (κ2) is 5.97. The van der Waals surface area contributed by atoms with Crippen LogP contribution in [0.5, 0.6) is 0 Å². The van der Waals surface area contributed by atoms with Crippen molar-refractivity contribution in [2.75, 3.05) is 6.54 Å². The van der Waals surface area contributed by atoms with Crippen LogP contribution < -0.4 is 5.32 Å². The molecule has 0 fully saturated rings. The summed E-state index contributed by atoms with van der Waals surface area (Å²) in [4.78, 5) is 0. The molecule has 0 amide bonds. The van der Waals surface area contributed by atoms with Gasteiger partial charge < -0.3 is 5.32 Å². The Hall–Kier alpha value is -1.68. The molecule has 1 atom stereocenters. The van der Waals surface area contributed by atoms with E-state index in [2.05, 4.69) is 17.3 Å². The van der Waals surface area contributed by atoms with Gasteiger partial charge in [-0.05, 0) is 36.7 Å². The van der Waals surface area contributed by atoms with Crippen molar-refractivity contribution in [3.63, 3.8) is 0 Å². The van der Waals surface area contributed by atoms with Crippen molar-refractivity contribution in [2.24, 2.45) is 7.05 Å². The normalized spacial score (nSPS) is 12.6. The van der Waals surface area contributed by atoms with E-state index >= 15 is 0 Å². The van der Waals surface area contributed by atoms with Gasteiger partial charge in [-0.15, -0.1) is 0 Å². The second-order valence-corrected chi connectivity index (χ2v) is 4.80.